The number of hydrogen-bond acceptors (Lipinski definition) is 6. The van der Waals surface area contributed by atoms with Gasteiger partial charge in [-0.1, -0.05) is 24.3 Å². The monoisotopic (exact) mass is 521 g/mol. The minimum atomic E-state index is -4.22. The molecule has 0 bridgehead atoms. The number of amides is 3. The Morgan fingerprint density at radius 1 is 1.11 bits per heavy atom. The molecular weight excluding hydrogens is 500 g/mol. The number of rotatable bonds is 7. The van der Waals surface area contributed by atoms with Gasteiger partial charge < -0.3 is 5.32 Å². The van der Waals surface area contributed by atoms with E-state index in [0.29, 0.717) is 12.0 Å². The summed E-state index contributed by atoms with van der Waals surface area (Å²) in [5.74, 6) is -2.44. The van der Waals surface area contributed by atoms with Crippen LogP contribution in [0.15, 0.2) is 58.3 Å². The Morgan fingerprint density at radius 2 is 1.83 bits per heavy atom. The van der Waals surface area contributed by atoms with Crippen molar-refractivity contribution < 1.29 is 31.6 Å². The molecule has 8 nitrogen and oxygen atoms in total. The Balaban J connectivity index is 1.37. The molecular formula is C23H21F2N3O5S2. The second-order valence-corrected chi connectivity index (χ2v) is 10.7. The van der Waals surface area contributed by atoms with Crippen molar-refractivity contribution in [3.05, 3.63) is 70.6 Å². The number of halogens is 2. The van der Waals surface area contributed by atoms with Gasteiger partial charge in [-0.15, -0.1) is 0 Å². The van der Waals surface area contributed by atoms with Crippen LogP contribution in [-0.4, -0.2) is 60.4 Å². The maximum absolute atomic E-state index is 14.1. The van der Waals surface area contributed by atoms with Crippen molar-refractivity contribution in [2.45, 2.75) is 23.8 Å². The van der Waals surface area contributed by atoms with E-state index in [4.69, 9.17) is 0 Å². The summed E-state index contributed by atoms with van der Waals surface area (Å²) in [6.45, 7) is -0.110. The van der Waals surface area contributed by atoms with Gasteiger partial charge in [-0.2, -0.15) is 4.31 Å². The zero-order valence-electron chi connectivity index (χ0n) is 18.3. The van der Waals surface area contributed by atoms with Crippen molar-refractivity contribution in [1.82, 2.24) is 14.5 Å². The third-order valence-electron chi connectivity index (χ3n) is 5.61. The molecule has 0 unspecified atom stereocenters. The molecule has 0 radical (unpaired) electrons. The fourth-order valence-electron chi connectivity index (χ4n) is 3.88. The third-order valence-corrected chi connectivity index (χ3v) is 8.45. The van der Waals surface area contributed by atoms with Gasteiger partial charge in [0.1, 0.15) is 22.6 Å². The van der Waals surface area contributed by atoms with E-state index >= 15 is 0 Å². The van der Waals surface area contributed by atoms with Gasteiger partial charge in [0, 0.05) is 19.6 Å². The summed E-state index contributed by atoms with van der Waals surface area (Å²) in [6, 6.07) is 9.39. The van der Waals surface area contributed by atoms with Crippen LogP contribution >= 0.6 is 11.8 Å². The highest BCUT2D eigenvalue weighted by Gasteiger charge is 2.40. The first-order valence-corrected chi connectivity index (χ1v) is 13.0. The Kier molecular flexibility index (Phi) is 7.33. The molecule has 0 aromatic heterocycles. The van der Waals surface area contributed by atoms with E-state index in [1.807, 2.05) is 0 Å². The molecule has 2 saturated heterocycles. The van der Waals surface area contributed by atoms with Gasteiger partial charge in [0.15, 0.2) is 0 Å². The lowest BCUT2D eigenvalue weighted by Gasteiger charge is -2.24. The number of thioether (sulfide) groups is 1. The Labute approximate surface area is 205 Å². The normalized spacial score (nSPS) is 20.1. The van der Waals surface area contributed by atoms with Crippen LogP contribution in [0.3, 0.4) is 0 Å². The highest BCUT2D eigenvalue weighted by atomic mass is 32.2. The van der Waals surface area contributed by atoms with E-state index in [1.54, 1.807) is 0 Å². The maximum Gasteiger partial charge on any atom is 0.293 e. The molecule has 0 spiro atoms. The molecule has 4 rings (SSSR count). The number of hydrogen-bond donors (Lipinski definition) is 1. The molecule has 2 aromatic rings. The van der Waals surface area contributed by atoms with Crippen molar-refractivity contribution in [2.75, 3.05) is 19.6 Å². The molecule has 2 aliphatic rings. The highest BCUT2D eigenvalue weighted by molar-refractivity contribution is 8.18. The van der Waals surface area contributed by atoms with Crippen molar-refractivity contribution in [3.8, 4) is 0 Å². The number of nitrogens with one attached hydrogen (secondary N) is 1. The maximum atomic E-state index is 14.1. The minimum Gasteiger partial charge on any atom is -0.353 e. The van der Waals surface area contributed by atoms with Crippen molar-refractivity contribution in [2.24, 2.45) is 0 Å². The summed E-state index contributed by atoms with van der Waals surface area (Å²) >= 11 is 0.737. The molecule has 1 atom stereocenters. The molecule has 2 heterocycles. The Bertz CT molecular complexity index is 1300. The van der Waals surface area contributed by atoms with Crippen LogP contribution < -0.4 is 5.32 Å². The van der Waals surface area contributed by atoms with Crippen LogP contribution in [0.1, 0.15) is 18.4 Å². The first-order chi connectivity index (χ1) is 16.7. The number of sulfonamides is 1. The summed E-state index contributed by atoms with van der Waals surface area (Å²) < 4.78 is 54.0. The molecule has 2 fully saturated rings. The van der Waals surface area contributed by atoms with Gasteiger partial charge in [-0.25, -0.2) is 17.2 Å². The lowest BCUT2D eigenvalue weighted by molar-refractivity contribution is -0.125. The largest absolute Gasteiger partial charge is 0.353 e. The second kappa shape index (κ2) is 10.3. The number of carbonyl (C=O) groups is 3. The van der Waals surface area contributed by atoms with Gasteiger partial charge in [0.2, 0.25) is 15.9 Å². The van der Waals surface area contributed by atoms with Crippen molar-refractivity contribution >= 4 is 44.9 Å². The Morgan fingerprint density at radius 3 is 2.54 bits per heavy atom. The molecule has 12 heteroatoms. The molecule has 2 aliphatic heterocycles. The molecule has 0 aliphatic carbocycles. The van der Waals surface area contributed by atoms with E-state index in [9.17, 15) is 31.6 Å². The summed E-state index contributed by atoms with van der Waals surface area (Å²) in [5.41, 5.74) is 0.558. The lowest BCUT2D eigenvalue weighted by atomic mass is 10.2. The van der Waals surface area contributed by atoms with Gasteiger partial charge in [-0.3, -0.25) is 19.3 Å². The lowest BCUT2D eigenvalue weighted by Crippen LogP contribution is -2.47. The average Bonchev–Trinajstić information content (AvgIpc) is 3.42. The summed E-state index contributed by atoms with van der Waals surface area (Å²) in [6.07, 6.45) is 2.18. The van der Waals surface area contributed by atoms with Crippen LogP contribution in [0.2, 0.25) is 0 Å². The molecule has 2 aromatic carbocycles. The quantitative estimate of drug-likeness (QED) is 0.562. The van der Waals surface area contributed by atoms with E-state index in [1.165, 1.54) is 42.5 Å². The predicted molar refractivity (Wildman–Crippen MR) is 125 cm³/mol. The predicted octanol–water partition coefficient (Wildman–Crippen LogP) is 2.97. The van der Waals surface area contributed by atoms with E-state index in [2.05, 4.69) is 5.32 Å². The SMILES string of the molecule is O=C(NCCN1C(=O)SC(=Cc2ccc(F)cc2)C1=O)[C@@H]1CCCN1S(=O)(=O)c1ccccc1F. The number of carbonyl (C=O) groups excluding carboxylic acids is 3. The van der Waals surface area contributed by atoms with Gasteiger partial charge >= 0.3 is 0 Å². The highest BCUT2D eigenvalue weighted by Crippen LogP contribution is 2.32. The smallest absolute Gasteiger partial charge is 0.293 e. The van der Waals surface area contributed by atoms with Gasteiger partial charge in [0.05, 0.1) is 4.91 Å². The molecule has 3 amide bonds. The number of imide groups is 1. The van der Waals surface area contributed by atoms with Gasteiger partial charge in [0.25, 0.3) is 11.1 Å². The molecule has 0 saturated carbocycles. The van der Waals surface area contributed by atoms with E-state index in [-0.39, 0.29) is 31.0 Å². The van der Waals surface area contributed by atoms with Crippen LogP contribution in [0.4, 0.5) is 13.6 Å². The standard InChI is InChI=1S/C23H21F2N3O5S2/c24-16-9-7-15(8-10-16)14-19-22(30)27(23(31)34-19)13-11-26-21(29)18-5-3-12-28(18)35(32,33)20-6-2-1-4-17(20)25/h1-2,4,6-10,14,18H,3,5,11-13H2,(H,26,29)/t18-/m0/s1. The van der Waals surface area contributed by atoms with Crippen LogP contribution in [-0.2, 0) is 19.6 Å². The first-order valence-electron chi connectivity index (χ1n) is 10.7. The van der Waals surface area contributed by atoms with Crippen molar-refractivity contribution in [1.29, 1.82) is 0 Å². The summed E-state index contributed by atoms with van der Waals surface area (Å²) in [4.78, 5) is 38.3. The fraction of sp³-hybridized carbons (Fsp3) is 0.261. The fourth-order valence-corrected chi connectivity index (χ4v) is 6.47. The van der Waals surface area contributed by atoms with Crippen LogP contribution in [0, 0.1) is 11.6 Å². The third kappa shape index (κ3) is 5.29. The van der Waals surface area contributed by atoms with Gasteiger partial charge in [-0.05, 0) is 60.5 Å². The summed E-state index contributed by atoms with van der Waals surface area (Å²) in [7, 11) is -4.22. The van der Waals surface area contributed by atoms with Crippen LogP contribution in [0.5, 0.6) is 0 Å². The molecule has 1 N–H and O–H groups in total. The average molecular weight is 522 g/mol. The minimum absolute atomic E-state index is 0.0754. The Hall–Kier alpha value is -3.09. The first kappa shape index (κ1) is 25.0. The molecule has 35 heavy (non-hydrogen) atoms. The number of nitrogens with zero attached hydrogens (tertiary/aromatic N) is 2. The number of benzene rings is 2. The summed E-state index contributed by atoms with van der Waals surface area (Å²) in [5, 5.41) is 2.06. The van der Waals surface area contributed by atoms with Crippen LogP contribution in [0.25, 0.3) is 6.08 Å². The second-order valence-electron chi connectivity index (χ2n) is 7.88. The zero-order valence-corrected chi connectivity index (χ0v) is 20.0. The molecule has 184 valence electrons. The van der Waals surface area contributed by atoms with Crippen molar-refractivity contribution in [3.63, 3.8) is 0 Å². The van der Waals surface area contributed by atoms with E-state index in [0.717, 1.165) is 33.1 Å². The van der Waals surface area contributed by atoms with E-state index < -0.39 is 49.6 Å². The zero-order chi connectivity index (χ0) is 25.2. The topological polar surface area (TPSA) is 104 Å².